The summed E-state index contributed by atoms with van der Waals surface area (Å²) in [5.74, 6) is 0.123. The number of hydrogen-bond acceptors (Lipinski definition) is 5. The molecule has 1 atom stereocenters. The fourth-order valence-corrected chi connectivity index (χ4v) is 4.71. The number of rotatable bonds is 8. The van der Waals surface area contributed by atoms with Crippen LogP contribution in [0.25, 0.3) is 0 Å². The van der Waals surface area contributed by atoms with Crippen molar-refractivity contribution in [1.29, 1.82) is 0 Å². The topological polar surface area (TPSA) is 62.0 Å². The van der Waals surface area contributed by atoms with Crippen LogP contribution >= 0.6 is 23.2 Å². The van der Waals surface area contributed by atoms with Crippen LogP contribution < -0.4 is 15.4 Å². The highest BCUT2D eigenvalue weighted by molar-refractivity contribution is 6.37. The van der Waals surface area contributed by atoms with E-state index in [2.05, 4.69) is 34.1 Å². The number of nitrogen functional groups attached to an aromatic ring is 1. The average molecular weight is 504 g/mol. The molecule has 0 saturated carbocycles. The Hall–Kier alpha value is -2.51. The Labute approximate surface area is 209 Å². The number of nitrogens with zero attached hydrogens (tertiary/aromatic N) is 2. The van der Waals surface area contributed by atoms with Crippen LogP contribution in [0.2, 0.25) is 10.0 Å². The van der Waals surface area contributed by atoms with Gasteiger partial charge in [-0.05, 0) is 53.9 Å². The maximum Gasteiger partial charge on any atom is 0.156 e. The number of β-amino-alcohol motifs (C(OH)–C–C–N with tert-alkyl or cyclic N) is 1. The van der Waals surface area contributed by atoms with Gasteiger partial charge in [-0.15, -0.1) is 0 Å². The predicted molar refractivity (Wildman–Crippen MR) is 137 cm³/mol. The molecule has 1 saturated heterocycles. The van der Waals surface area contributed by atoms with Gasteiger partial charge in [0.1, 0.15) is 18.5 Å². The first-order valence-corrected chi connectivity index (χ1v) is 12.0. The van der Waals surface area contributed by atoms with Gasteiger partial charge in [0.25, 0.3) is 0 Å². The summed E-state index contributed by atoms with van der Waals surface area (Å²) < 4.78 is 18.7. The Balaban J connectivity index is 1.22. The summed E-state index contributed by atoms with van der Waals surface area (Å²) >= 11 is 12.3. The third-order valence-corrected chi connectivity index (χ3v) is 6.47. The van der Waals surface area contributed by atoms with E-state index in [-0.39, 0.29) is 12.4 Å². The van der Waals surface area contributed by atoms with Gasteiger partial charge in [0.15, 0.2) is 5.75 Å². The van der Waals surface area contributed by atoms with E-state index in [0.29, 0.717) is 28.0 Å². The molecule has 0 unspecified atom stereocenters. The smallest absolute Gasteiger partial charge is 0.156 e. The van der Waals surface area contributed by atoms with Crippen LogP contribution in [0.4, 0.5) is 15.8 Å². The first kappa shape index (κ1) is 24.6. The molecule has 0 aromatic heterocycles. The minimum Gasteiger partial charge on any atom is -0.488 e. The summed E-state index contributed by atoms with van der Waals surface area (Å²) in [6.45, 7) is 4.05. The summed E-state index contributed by atoms with van der Waals surface area (Å²) in [6, 6.07) is 18.3. The molecule has 1 aliphatic heterocycles. The van der Waals surface area contributed by atoms with Crippen molar-refractivity contribution in [3.05, 3.63) is 87.7 Å². The minimum atomic E-state index is -0.665. The predicted octanol–water partition coefficient (Wildman–Crippen LogP) is 4.87. The van der Waals surface area contributed by atoms with E-state index in [1.165, 1.54) is 23.4 Å². The van der Waals surface area contributed by atoms with Gasteiger partial charge in [-0.1, -0.05) is 47.5 Å². The number of ether oxygens (including phenoxy) is 1. The van der Waals surface area contributed by atoms with Crippen molar-refractivity contribution in [3.8, 4) is 5.75 Å². The van der Waals surface area contributed by atoms with E-state index in [9.17, 15) is 9.50 Å². The maximum atomic E-state index is 13.1. The summed E-state index contributed by atoms with van der Waals surface area (Å²) in [5.41, 5.74) is 9.63. The standard InChI is InChI=1S/C26H28Cl2FN3O2/c27-24-14-21(30)15-25(28)26(24)34-17-23(33)16-31-9-11-32(12-10-31)22-7-3-19(4-8-22)13-18-1-5-20(29)6-2-18/h1-8,14-15,23,33H,9-13,16-17,30H2/t23-/m0/s1. The maximum absolute atomic E-state index is 13.1. The zero-order valence-corrected chi connectivity index (χ0v) is 20.3. The fourth-order valence-electron chi connectivity index (χ4n) is 4.10. The summed E-state index contributed by atoms with van der Waals surface area (Å²) in [6.07, 6.45) is 0.114. The molecule has 1 heterocycles. The molecule has 3 aromatic rings. The molecule has 3 aromatic carbocycles. The van der Waals surface area contributed by atoms with Gasteiger partial charge in [0.05, 0.1) is 10.0 Å². The Kier molecular flexibility index (Phi) is 8.16. The number of halogens is 3. The molecule has 4 rings (SSSR count). The van der Waals surface area contributed by atoms with Gasteiger partial charge in [-0.2, -0.15) is 0 Å². The number of aliphatic hydroxyl groups excluding tert-OH is 1. The van der Waals surface area contributed by atoms with Crippen LogP contribution in [0, 0.1) is 5.82 Å². The van der Waals surface area contributed by atoms with Crippen molar-refractivity contribution in [1.82, 2.24) is 4.90 Å². The zero-order chi connectivity index (χ0) is 24.1. The molecular formula is C26H28Cl2FN3O2. The van der Waals surface area contributed by atoms with Crippen molar-refractivity contribution in [2.24, 2.45) is 0 Å². The third-order valence-electron chi connectivity index (χ3n) is 5.90. The molecule has 3 N–H and O–H groups in total. The lowest BCUT2D eigenvalue weighted by Crippen LogP contribution is -2.49. The minimum absolute atomic E-state index is 0.0963. The van der Waals surface area contributed by atoms with Crippen molar-refractivity contribution >= 4 is 34.6 Å². The van der Waals surface area contributed by atoms with Crippen molar-refractivity contribution in [2.75, 3.05) is 50.0 Å². The van der Waals surface area contributed by atoms with Crippen LogP contribution in [0.1, 0.15) is 11.1 Å². The number of anilines is 2. The lowest BCUT2D eigenvalue weighted by molar-refractivity contribution is 0.0664. The van der Waals surface area contributed by atoms with Crippen molar-refractivity contribution in [2.45, 2.75) is 12.5 Å². The van der Waals surface area contributed by atoms with Crippen LogP contribution in [-0.4, -0.2) is 55.4 Å². The van der Waals surface area contributed by atoms with E-state index >= 15 is 0 Å². The second-order valence-electron chi connectivity index (χ2n) is 8.54. The normalized spacial score (nSPS) is 15.4. The molecule has 0 radical (unpaired) electrons. The molecule has 1 aliphatic rings. The monoisotopic (exact) mass is 503 g/mol. The molecule has 0 amide bonds. The lowest BCUT2D eigenvalue weighted by atomic mass is 10.0. The highest BCUT2D eigenvalue weighted by Gasteiger charge is 2.20. The lowest BCUT2D eigenvalue weighted by Gasteiger charge is -2.37. The summed E-state index contributed by atoms with van der Waals surface area (Å²) in [4.78, 5) is 4.56. The molecular weight excluding hydrogens is 476 g/mol. The molecule has 5 nitrogen and oxygen atoms in total. The fraction of sp³-hybridized carbons (Fsp3) is 0.308. The largest absolute Gasteiger partial charge is 0.488 e. The van der Waals surface area contributed by atoms with Crippen LogP contribution in [0.5, 0.6) is 5.75 Å². The van der Waals surface area contributed by atoms with E-state index in [0.717, 1.165) is 38.2 Å². The van der Waals surface area contributed by atoms with Gasteiger partial charge in [-0.3, -0.25) is 4.90 Å². The number of piperazine rings is 1. The van der Waals surface area contributed by atoms with Crippen LogP contribution in [0.15, 0.2) is 60.7 Å². The molecule has 0 aliphatic carbocycles. The molecule has 180 valence electrons. The Bertz CT molecular complexity index is 1070. The van der Waals surface area contributed by atoms with Gasteiger partial charge in [-0.25, -0.2) is 4.39 Å². The second kappa shape index (κ2) is 11.3. The number of aliphatic hydroxyl groups is 1. The summed E-state index contributed by atoms with van der Waals surface area (Å²) in [5, 5.41) is 11.1. The molecule has 8 heteroatoms. The quantitative estimate of drug-likeness (QED) is 0.429. The second-order valence-corrected chi connectivity index (χ2v) is 9.35. The first-order chi connectivity index (χ1) is 16.4. The third kappa shape index (κ3) is 6.54. The van der Waals surface area contributed by atoms with E-state index in [1.807, 2.05) is 12.1 Å². The zero-order valence-electron chi connectivity index (χ0n) is 18.8. The Morgan fingerprint density at radius 1 is 0.912 bits per heavy atom. The van der Waals surface area contributed by atoms with Crippen LogP contribution in [-0.2, 0) is 6.42 Å². The Morgan fingerprint density at radius 2 is 1.47 bits per heavy atom. The molecule has 0 bridgehead atoms. The highest BCUT2D eigenvalue weighted by Crippen LogP contribution is 2.35. The SMILES string of the molecule is Nc1cc(Cl)c(OC[C@@H](O)CN2CCN(c3ccc(Cc4ccc(F)cc4)cc3)CC2)c(Cl)c1. The van der Waals surface area contributed by atoms with Crippen molar-refractivity contribution < 1.29 is 14.2 Å². The highest BCUT2D eigenvalue weighted by atomic mass is 35.5. The van der Waals surface area contributed by atoms with E-state index in [4.69, 9.17) is 33.7 Å². The number of benzene rings is 3. The Morgan fingerprint density at radius 3 is 2.06 bits per heavy atom. The number of nitrogens with two attached hydrogens (primary N) is 1. The van der Waals surface area contributed by atoms with E-state index < -0.39 is 6.10 Å². The number of hydrogen-bond donors (Lipinski definition) is 2. The molecule has 0 spiro atoms. The first-order valence-electron chi connectivity index (χ1n) is 11.2. The van der Waals surface area contributed by atoms with Crippen molar-refractivity contribution in [3.63, 3.8) is 0 Å². The van der Waals surface area contributed by atoms with Gasteiger partial charge in [0.2, 0.25) is 0 Å². The summed E-state index contributed by atoms with van der Waals surface area (Å²) in [7, 11) is 0. The van der Waals surface area contributed by atoms with Gasteiger partial charge in [0, 0.05) is 44.1 Å². The van der Waals surface area contributed by atoms with Gasteiger partial charge < -0.3 is 20.5 Å². The van der Waals surface area contributed by atoms with Gasteiger partial charge >= 0.3 is 0 Å². The average Bonchev–Trinajstić information content (AvgIpc) is 2.81. The van der Waals surface area contributed by atoms with Crippen LogP contribution in [0.3, 0.4) is 0 Å². The molecule has 1 fully saturated rings. The molecule has 34 heavy (non-hydrogen) atoms. The van der Waals surface area contributed by atoms with E-state index in [1.54, 1.807) is 12.1 Å².